The Morgan fingerprint density at radius 3 is 2.75 bits per heavy atom. The Hall–Kier alpha value is -2.55. The van der Waals surface area contributed by atoms with Crippen LogP contribution >= 0.6 is 0 Å². The Balaban J connectivity index is 2.17. The minimum atomic E-state index is -3.89. The Kier molecular flexibility index (Phi) is 2.64. The molecule has 1 aromatic heterocycles. The van der Waals surface area contributed by atoms with Crippen molar-refractivity contribution in [1.82, 2.24) is 9.97 Å². The maximum absolute atomic E-state index is 13.7. The van der Waals surface area contributed by atoms with Crippen molar-refractivity contribution in [3.05, 3.63) is 42.0 Å². The summed E-state index contributed by atoms with van der Waals surface area (Å²) in [6, 6.07) is 6.02. The lowest BCUT2D eigenvalue weighted by Gasteiger charge is -2.14. The number of anilines is 1. The molecule has 0 atom stereocenters. The maximum atomic E-state index is 13.7. The van der Waals surface area contributed by atoms with Gasteiger partial charge in [0.25, 0.3) is 0 Å². The number of nitrogens with zero attached hydrogens (tertiary/aromatic N) is 3. The van der Waals surface area contributed by atoms with Crippen molar-refractivity contribution < 1.29 is 12.8 Å². The van der Waals surface area contributed by atoms with Gasteiger partial charge in [-0.25, -0.2) is 19.1 Å². The second-order valence-electron chi connectivity index (χ2n) is 3.99. The molecule has 0 fully saturated rings. The molecule has 2 heterocycles. The van der Waals surface area contributed by atoms with Crippen LogP contribution in [0, 0.1) is 5.82 Å². The number of halogens is 1. The predicted molar refractivity (Wildman–Crippen MR) is 70.7 cm³/mol. The van der Waals surface area contributed by atoms with E-state index in [4.69, 9.17) is 5.73 Å². The molecule has 1 aromatic carbocycles. The van der Waals surface area contributed by atoms with Crippen molar-refractivity contribution in [3.8, 4) is 11.3 Å². The number of hydrogen-bond acceptors (Lipinski definition) is 5. The summed E-state index contributed by atoms with van der Waals surface area (Å²) in [5.41, 5.74) is 6.09. The van der Waals surface area contributed by atoms with Crippen LogP contribution in [-0.2, 0) is 10.2 Å². The van der Waals surface area contributed by atoms with Crippen LogP contribution in [0.15, 0.2) is 34.9 Å². The van der Waals surface area contributed by atoms with Crippen molar-refractivity contribution >= 4 is 21.9 Å². The highest BCUT2D eigenvalue weighted by molar-refractivity contribution is 7.91. The van der Waals surface area contributed by atoms with Crippen molar-refractivity contribution in [3.63, 3.8) is 0 Å². The molecule has 0 amide bonds. The average molecular weight is 293 g/mol. The van der Waals surface area contributed by atoms with Gasteiger partial charge in [0.05, 0.1) is 11.9 Å². The summed E-state index contributed by atoms with van der Waals surface area (Å²) in [4.78, 5) is 8.01. The van der Waals surface area contributed by atoms with E-state index in [9.17, 15) is 12.8 Å². The molecular weight excluding hydrogens is 285 g/mol. The second kappa shape index (κ2) is 4.23. The molecule has 7 nitrogen and oxygen atoms in total. The van der Waals surface area contributed by atoms with E-state index in [1.165, 1.54) is 18.3 Å². The molecule has 3 rings (SSSR count). The molecule has 0 aliphatic carbocycles. The third kappa shape index (κ3) is 2.07. The molecule has 0 spiro atoms. The van der Waals surface area contributed by atoms with E-state index < -0.39 is 16.0 Å². The van der Waals surface area contributed by atoms with Crippen LogP contribution in [0.3, 0.4) is 0 Å². The summed E-state index contributed by atoms with van der Waals surface area (Å²) in [5, 5.41) is 0. The van der Waals surface area contributed by atoms with E-state index in [0.29, 0.717) is 0 Å². The SMILES string of the molecule is NC1=NS(=O)(=O)Nc2ncc(-c3ccccc3F)nc21. The summed E-state index contributed by atoms with van der Waals surface area (Å²) in [6.07, 6.45) is 1.26. The molecule has 0 bridgehead atoms. The standard InChI is InChI=1S/C11H8FN5O2S/c12-7-4-2-1-3-6(7)8-5-14-11-9(15-8)10(13)16-20(18,19)17-11/h1-5H,(H2,13,16)(H,14,17). The minimum Gasteiger partial charge on any atom is -0.381 e. The van der Waals surface area contributed by atoms with Gasteiger partial charge in [0.15, 0.2) is 11.7 Å². The van der Waals surface area contributed by atoms with Crippen LogP contribution in [0.5, 0.6) is 0 Å². The highest BCUT2D eigenvalue weighted by atomic mass is 32.2. The largest absolute Gasteiger partial charge is 0.381 e. The van der Waals surface area contributed by atoms with E-state index in [-0.39, 0.29) is 28.6 Å². The molecule has 0 radical (unpaired) electrons. The first-order valence-corrected chi connectivity index (χ1v) is 6.91. The molecule has 3 N–H and O–H groups in total. The Labute approximate surface area is 113 Å². The zero-order chi connectivity index (χ0) is 14.3. The first-order valence-electron chi connectivity index (χ1n) is 5.47. The molecule has 0 saturated carbocycles. The zero-order valence-electron chi connectivity index (χ0n) is 9.91. The second-order valence-corrected chi connectivity index (χ2v) is 5.32. The molecular formula is C11H8FN5O2S. The smallest absolute Gasteiger partial charge is 0.345 e. The summed E-state index contributed by atoms with van der Waals surface area (Å²) >= 11 is 0. The Morgan fingerprint density at radius 1 is 1.25 bits per heavy atom. The van der Waals surface area contributed by atoms with E-state index >= 15 is 0 Å². The quantitative estimate of drug-likeness (QED) is 0.802. The Morgan fingerprint density at radius 2 is 2.00 bits per heavy atom. The number of hydrogen-bond donors (Lipinski definition) is 2. The number of fused-ring (bicyclic) bond motifs is 1. The topological polar surface area (TPSA) is 110 Å². The van der Waals surface area contributed by atoms with Gasteiger partial charge in [-0.05, 0) is 12.1 Å². The normalized spacial score (nSPS) is 15.9. The molecule has 20 heavy (non-hydrogen) atoms. The fraction of sp³-hybridized carbons (Fsp3) is 0. The summed E-state index contributed by atoms with van der Waals surface area (Å²) < 4.78 is 41.7. The Bertz CT molecular complexity index is 834. The maximum Gasteiger partial charge on any atom is 0.345 e. The van der Waals surface area contributed by atoms with Crippen molar-refractivity contribution in [2.45, 2.75) is 0 Å². The van der Waals surface area contributed by atoms with Gasteiger partial charge >= 0.3 is 10.2 Å². The third-order valence-corrected chi connectivity index (χ3v) is 3.50. The molecule has 102 valence electrons. The first kappa shape index (κ1) is 12.5. The summed E-state index contributed by atoms with van der Waals surface area (Å²) in [6.45, 7) is 0. The van der Waals surface area contributed by atoms with Gasteiger partial charge in [-0.1, -0.05) is 12.1 Å². The lowest BCUT2D eigenvalue weighted by Crippen LogP contribution is -2.28. The highest BCUT2D eigenvalue weighted by Gasteiger charge is 2.24. The number of amidine groups is 1. The van der Waals surface area contributed by atoms with Gasteiger partial charge in [-0.3, -0.25) is 0 Å². The number of nitrogens with two attached hydrogens (primary N) is 1. The van der Waals surface area contributed by atoms with Crippen LogP contribution in [-0.4, -0.2) is 24.2 Å². The summed E-state index contributed by atoms with van der Waals surface area (Å²) in [7, 11) is -3.89. The van der Waals surface area contributed by atoms with Crippen molar-refractivity contribution in [2.75, 3.05) is 4.72 Å². The lowest BCUT2D eigenvalue weighted by molar-refractivity contribution is 0.602. The number of nitrogens with one attached hydrogen (secondary N) is 1. The van der Waals surface area contributed by atoms with Gasteiger partial charge in [0.1, 0.15) is 11.5 Å². The molecule has 0 saturated heterocycles. The van der Waals surface area contributed by atoms with E-state index in [0.717, 1.165) is 0 Å². The van der Waals surface area contributed by atoms with Crippen LogP contribution in [0.4, 0.5) is 10.2 Å². The van der Waals surface area contributed by atoms with Crippen LogP contribution in [0.1, 0.15) is 5.69 Å². The minimum absolute atomic E-state index is 0.0300. The molecule has 1 aliphatic rings. The molecule has 0 unspecified atom stereocenters. The molecule has 1 aliphatic heterocycles. The van der Waals surface area contributed by atoms with E-state index in [2.05, 4.69) is 19.1 Å². The van der Waals surface area contributed by atoms with E-state index in [1.54, 1.807) is 12.1 Å². The zero-order valence-corrected chi connectivity index (χ0v) is 10.7. The summed E-state index contributed by atoms with van der Waals surface area (Å²) in [5.74, 6) is -0.782. The molecule has 2 aromatic rings. The fourth-order valence-corrected chi connectivity index (χ4v) is 2.54. The first-order chi connectivity index (χ1) is 9.46. The van der Waals surface area contributed by atoms with Gasteiger partial charge in [0, 0.05) is 5.56 Å². The van der Waals surface area contributed by atoms with Gasteiger partial charge in [0.2, 0.25) is 0 Å². The van der Waals surface area contributed by atoms with Gasteiger partial charge in [-0.15, -0.1) is 4.40 Å². The number of aromatic nitrogens is 2. The van der Waals surface area contributed by atoms with Crippen LogP contribution in [0.25, 0.3) is 11.3 Å². The third-order valence-electron chi connectivity index (χ3n) is 2.61. The number of rotatable bonds is 1. The lowest BCUT2D eigenvalue weighted by atomic mass is 10.1. The monoisotopic (exact) mass is 293 g/mol. The van der Waals surface area contributed by atoms with Crippen LogP contribution < -0.4 is 10.5 Å². The van der Waals surface area contributed by atoms with Gasteiger partial charge in [-0.2, -0.15) is 8.42 Å². The van der Waals surface area contributed by atoms with Crippen molar-refractivity contribution in [2.24, 2.45) is 10.1 Å². The fourth-order valence-electron chi connectivity index (χ4n) is 1.76. The van der Waals surface area contributed by atoms with E-state index in [1.807, 2.05) is 0 Å². The van der Waals surface area contributed by atoms with Gasteiger partial charge < -0.3 is 5.73 Å². The highest BCUT2D eigenvalue weighted by Crippen LogP contribution is 2.24. The number of benzene rings is 1. The van der Waals surface area contributed by atoms with Crippen molar-refractivity contribution in [1.29, 1.82) is 0 Å². The van der Waals surface area contributed by atoms with Crippen LogP contribution in [0.2, 0.25) is 0 Å². The molecule has 9 heteroatoms. The average Bonchev–Trinajstić information content (AvgIpc) is 2.38. The predicted octanol–water partition coefficient (Wildman–Crippen LogP) is 0.658.